The van der Waals surface area contributed by atoms with Gasteiger partial charge in [-0.15, -0.1) is 0 Å². The lowest BCUT2D eigenvalue weighted by atomic mass is 9.94. The van der Waals surface area contributed by atoms with Crippen LogP contribution in [0.5, 0.6) is 0 Å². The number of para-hydroxylation sites is 2. The van der Waals surface area contributed by atoms with Gasteiger partial charge in [0.15, 0.2) is 5.58 Å². The molecule has 45 heavy (non-hydrogen) atoms. The van der Waals surface area contributed by atoms with Crippen LogP contribution in [0.1, 0.15) is 0 Å². The molecule has 0 spiro atoms. The van der Waals surface area contributed by atoms with E-state index in [1.54, 1.807) is 0 Å². The van der Waals surface area contributed by atoms with Crippen LogP contribution >= 0.6 is 0 Å². The summed E-state index contributed by atoms with van der Waals surface area (Å²) in [5.74, 6) is 0.759. The number of pyridine rings is 2. The number of rotatable bonds is 3. The first-order valence-electron chi connectivity index (χ1n) is 15.0. The normalized spacial score (nSPS) is 12.0. The zero-order chi connectivity index (χ0) is 29.5. The summed E-state index contributed by atoms with van der Waals surface area (Å²) in [5.41, 5.74) is 5.72. The Bertz CT molecular complexity index is 2760. The van der Waals surface area contributed by atoms with Gasteiger partial charge in [0.2, 0.25) is 0 Å². The fourth-order valence-corrected chi connectivity index (χ4v) is 7.00. The minimum Gasteiger partial charge on any atom is -0.456 e. The van der Waals surface area contributed by atoms with Gasteiger partial charge in [-0.2, -0.15) is 0 Å². The monoisotopic (exact) mass is 577 g/mol. The molecule has 5 nitrogen and oxygen atoms in total. The lowest BCUT2D eigenvalue weighted by Crippen LogP contribution is -2.12. The number of nitrogens with zero attached hydrogens (tertiary/aromatic N) is 3. The van der Waals surface area contributed by atoms with E-state index in [2.05, 4.69) is 83.8 Å². The van der Waals surface area contributed by atoms with Gasteiger partial charge in [0.25, 0.3) is 0 Å². The van der Waals surface area contributed by atoms with E-state index >= 15 is 0 Å². The van der Waals surface area contributed by atoms with E-state index in [1.165, 1.54) is 32.3 Å². The van der Waals surface area contributed by atoms with Crippen molar-refractivity contribution in [1.29, 1.82) is 0 Å². The smallest absolute Gasteiger partial charge is 0.177 e. The van der Waals surface area contributed by atoms with E-state index in [9.17, 15) is 0 Å². The van der Waals surface area contributed by atoms with Crippen LogP contribution in [0.25, 0.3) is 76.3 Å². The minimum atomic E-state index is 0.703. The molecule has 4 aromatic heterocycles. The summed E-state index contributed by atoms with van der Waals surface area (Å²) in [7, 11) is 0. The third kappa shape index (κ3) is 3.43. The third-order valence-electron chi connectivity index (χ3n) is 8.95. The van der Waals surface area contributed by atoms with Crippen molar-refractivity contribution < 1.29 is 8.83 Å². The standard InChI is InChI=1S/C40H23N3O2/c1-2-11-27-25(9-1)26-10-3-4-12-28(26)32-23-24(17-18-29(27)32)43(33-19-21-41-38-31-14-6-8-16-35(31)45-39(33)38)40-37-30-13-5-7-15-34(30)44-36(37)20-22-42-40/h1-23H. The molecule has 210 valence electrons. The largest absolute Gasteiger partial charge is 0.456 e. The van der Waals surface area contributed by atoms with Crippen LogP contribution in [0.15, 0.2) is 149 Å². The fourth-order valence-electron chi connectivity index (χ4n) is 7.00. The van der Waals surface area contributed by atoms with Crippen molar-refractivity contribution in [3.8, 4) is 0 Å². The van der Waals surface area contributed by atoms with Crippen LogP contribution in [0, 0.1) is 0 Å². The average Bonchev–Trinajstić information content (AvgIpc) is 3.68. The molecule has 0 atom stereocenters. The van der Waals surface area contributed by atoms with E-state index < -0.39 is 0 Å². The summed E-state index contributed by atoms with van der Waals surface area (Å²) in [6.45, 7) is 0. The Morgan fingerprint density at radius 2 is 1.02 bits per heavy atom. The van der Waals surface area contributed by atoms with Crippen molar-refractivity contribution in [1.82, 2.24) is 9.97 Å². The van der Waals surface area contributed by atoms with Crippen LogP contribution in [-0.2, 0) is 0 Å². The van der Waals surface area contributed by atoms with Crippen molar-refractivity contribution in [3.63, 3.8) is 0 Å². The molecule has 0 aliphatic rings. The van der Waals surface area contributed by atoms with Gasteiger partial charge in [0.1, 0.15) is 28.1 Å². The Morgan fingerprint density at radius 1 is 0.444 bits per heavy atom. The van der Waals surface area contributed by atoms with Gasteiger partial charge in [0.05, 0.1) is 11.1 Å². The molecule has 0 aliphatic heterocycles. The van der Waals surface area contributed by atoms with E-state index in [-0.39, 0.29) is 0 Å². The number of hydrogen-bond donors (Lipinski definition) is 0. The number of hydrogen-bond acceptors (Lipinski definition) is 5. The first-order chi connectivity index (χ1) is 22.3. The summed E-state index contributed by atoms with van der Waals surface area (Å²) in [6, 6.07) is 44.1. The zero-order valence-corrected chi connectivity index (χ0v) is 23.9. The molecule has 0 bridgehead atoms. The van der Waals surface area contributed by atoms with Crippen LogP contribution in [0.2, 0.25) is 0 Å². The Balaban J connectivity index is 1.35. The van der Waals surface area contributed by atoms with Gasteiger partial charge < -0.3 is 8.83 Å². The molecule has 0 N–H and O–H groups in total. The van der Waals surface area contributed by atoms with E-state index in [0.717, 1.165) is 55.6 Å². The molecule has 10 aromatic rings. The molecule has 0 unspecified atom stereocenters. The molecule has 0 fully saturated rings. The van der Waals surface area contributed by atoms with Crippen molar-refractivity contribution >= 4 is 93.5 Å². The molecule has 0 saturated carbocycles. The van der Waals surface area contributed by atoms with Crippen LogP contribution in [0.3, 0.4) is 0 Å². The van der Waals surface area contributed by atoms with Gasteiger partial charge in [-0.1, -0.05) is 84.9 Å². The Hall–Kier alpha value is -6.20. The summed E-state index contributed by atoms with van der Waals surface area (Å²) in [4.78, 5) is 12.0. The van der Waals surface area contributed by atoms with Gasteiger partial charge >= 0.3 is 0 Å². The maximum Gasteiger partial charge on any atom is 0.177 e. The molecular formula is C40H23N3O2. The molecule has 0 aliphatic carbocycles. The maximum atomic E-state index is 6.55. The minimum absolute atomic E-state index is 0.703. The quantitative estimate of drug-likeness (QED) is 0.196. The Labute approximate surface area is 256 Å². The highest BCUT2D eigenvalue weighted by Crippen LogP contribution is 2.46. The lowest BCUT2D eigenvalue weighted by molar-refractivity contribution is 0.667. The molecular weight excluding hydrogens is 554 g/mol. The third-order valence-corrected chi connectivity index (χ3v) is 8.95. The Morgan fingerprint density at radius 3 is 1.76 bits per heavy atom. The van der Waals surface area contributed by atoms with Gasteiger partial charge in [-0.05, 0) is 74.8 Å². The number of fused-ring (bicyclic) bond motifs is 12. The molecule has 5 heteroatoms. The summed E-state index contributed by atoms with van der Waals surface area (Å²) < 4.78 is 12.9. The summed E-state index contributed by atoms with van der Waals surface area (Å²) >= 11 is 0. The lowest BCUT2D eigenvalue weighted by Gasteiger charge is -2.25. The number of furan rings is 2. The molecule has 10 rings (SSSR count). The second-order valence-corrected chi connectivity index (χ2v) is 11.4. The molecule has 0 radical (unpaired) electrons. The van der Waals surface area contributed by atoms with Crippen molar-refractivity contribution in [2.45, 2.75) is 0 Å². The second-order valence-electron chi connectivity index (χ2n) is 11.4. The average molecular weight is 578 g/mol. The van der Waals surface area contributed by atoms with Crippen molar-refractivity contribution in [2.24, 2.45) is 0 Å². The predicted octanol–water partition coefficient (Wildman–Crippen LogP) is 11.2. The first-order valence-corrected chi connectivity index (χ1v) is 15.0. The predicted molar refractivity (Wildman–Crippen MR) is 184 cm³/mol. The van der Waals surface area contributed by atoms with E-state index in [4.69, 9.17) is 18.8 Å². The van der Waals surface area contributed by atoms with Crippen molar-refractivity contribution in [2.75, 3.05) is 4.90 Å². The molecule has 0 amide bonds. The van der Waals surface area contributed by atoms with Crippen LogP contribution in [0.4, 0.5) is 17.2 Å². The highest BCUT2D eigenvalue weighted by Gasteiger charge is 2.25. The van der Waals surface area contributed by atoms with Crippen LogP contribution < -0.4 is 4.90 Å². The second kappa shape index (κ2) is 9.15. The Kier molecular flexibility index (Phi) is 4.93. The molecule has 4 heterocycles. The highest BCUT2D eigenvalue weighted by molar-refractivity contribution is 6.26. The maximum absolute atomic E-state index is 6.55. The number of benzene rings is 6. The van der Waals surface area contributed by atoms with E-state index in [1.807, 2.05) is 60.9 Å². The molecule has 0 saturated heterocycles. The van der Waals surface area contributed by atoms with Gasteiger partial charge in [0, 0.05) is 28.9 Å². The topological polar surface area (TPSA) is 55.3 Å². The number of aromatic nitrogens is 2. The fraction of sp³-hybridized carbons (Fsp3) is 0. The SMILES string of the molecule is c1ccc2c(c1)oc1c(N(c3ccc4c5ccccc5c5ccccc5c4c3)c3nccc4oc5ccccc5c34)ccnc12. The number of anilines is 3. The highest BCUT2D eigenvalue weighted by atomic mass is 16.3. The van der Waals surface area contributed by atoms with Crippen molar-refractivity contribution in [3.05, 3.63) is 140 Å². The molecule has 6 aromatic carbocycles. The first kappa shape index (κ1) is 24.3. The summed E-state index contributed by atoms with van der Waals surface area (Å²) in [5, 5.41) is 10.2. The summed E-state index contributed by atoms with van der Waals surface area (Å²) in [6.07, 6.45) is 3.66. The van der Waals surface area contributed by atoms with Gasteiger partial charge in [-0.25, -0.2) is 4.98 Å². The zero-order valence-electron chi connectivity index (χ0n) is 23.9. The van der Waals surface area contributed by atoms with Crippen LogP contribution in [-0.4, -0.2) is 9.97 Å². The van der Waals surface area contributed by atoms with Gasteiger partial charge in [-0.3, -0.25) is 9.88 Å². The van der Waals surface area contributed by atoms with E-state index in [0.29, 0.717) is 5.58 Å².